The van der Waals surface area contributed by atoms with Crippen molar-refractivity contribution in [1.29, 1.82) is 0 Å². The lowest BCUT2D eigenvalue weighted by Gasteiger charge is -2.21. The first-order chi connectivity index (χ1) is 49.7. The molecule has 102 heavy (non-hydrogen) atoms. The molecule has 19 heteroatoms. The van der Waals surface area contributed by atoms with Crippen molar-refractivity contribution in [2.24, 2.45) is 0 Å². The molecular weight excluding hydrogens is 1330 g/mol. The fourth-order valence-corrected chi connectivity index (χ4v) is 12.0. The van der Waals surface area contributed by atoms with Gasteiger partial charge in [-0.05, 0) is 135 Å². The molecule has 0 saturated heterocycles. The molecule has 0 aliphatic heterocycles. The zero-order valence-corrected chi connectivity index (χ0v) is 65.8. The Bertz CT molecular complexity index is 2410. The summed E-state index contributed by atoms with van der Waals surface area (Å²) in [4.78, 5) is 73.0. The van der Waals surface area contributed by atoms with Crippen molar-refractivity contribution in [2.75, 3.05) is 39.6 Å². The lowest BCUT2D eigenvalue weighted by atomic mass is 10.0. The lowest BCUT2D eigenvalue weighted by molar-refractivity contribution is -0.161. The van der Waals surface area contributed by atoms with Crippen molar-refractivity contribution < 1.29 is 80.2 Å². The monoisotopic (exact) mass is 1470 g/mol. The van der Waals surface area contributed by atoms with E-state index in [4.69, 9.17) is 37.0 Å². The van der Waals surface area contributed by atoms with Crippen molar-refractivity contribution in [2.45, 2.75) is 341 Å². The first-order valence-electron chi connectivity index (χ1n) is 39.8. The highest BCUT2D eigenvalue weighted by molar-refractivity contribution is 7.47. The molecule has 0 radical (unpaired) electrons. The van der Waals surface area contributed by atoms with Crippen LogP contribution in [0.15, 0.2) is 122 Å². The number of carbonyl (C=O) groups is 4. The second kappa shape index (κ2) is 74.7. The Hall–Kier alpha value is -4.54. The Balaban J connectivity index is 5.42. The van der Waals surface area contributed by atoms with Crippen LogP contribution in [0.2, 0.25) is 0 Å². The summed E-state index contributed by atoms with van der Waals surface area (Å²) < 4.78 is 68.5. The quantitative estimate of drug-likeness (QED) is 0.0169. The predicted molar refractivity (Wildman–Crippen MR) is 418 cm³/mol. The lowest BCUT2D eigenvalue weighted by Crippen LogP contribution is -2.30. The minimum atomic E-state index is -4.99. The fourth-order valence-electron chi connectivity index (χ4n) is 10.4. The van der Waals surface area contributed by atoms with Gasteiger partial charge in [0, 0.05) is 25.7 Å². The van der Waals surface area contributed by atoms with E-state index in [1.54, 1.807) is 0 Å². The molecule has 3 N–H and O–H groups in total. The van der Waals surface area contributed by atoms with Gasteiger partial charge in [0.25, 0.3) is 0 Å². The Labute approximate surface area is 619 Å². The number of carbonyl (C=O) groups excluding carboxylic acids is 4. The maximum Gasteiger partial charge on any atom is 0.472 e. The van der Waals surface area contributed by atoms with Crippen molar-refractivity contribution in [3.63, 3.8) is 0 Å². The Morgan fingerprint density at radius 1 is 0.284 bits per heavy atom. The van der Waals surface area contributed by atoms with Crippen LogP contribution in [-0.2, 0) is 65.4 Å². The average molecular weight is 1470 g/mol. The fraction of sp³-hybridized carbons (Fsp3) is 0.711. The first-order valence-corrected chi connectivity index (χ1v) is 42.8. The molecule has 0 heterocycles. The van der Waals surface area contributed by atoms with E-state index >= 15 is 0 Å². The third-order valence-corrected chi connectivity index (χ3v) is 18.3. The maximum absolute atomic E-state index is 13.1. The highest BCUT2D eigenvalue weighted by Crippen LogP contribution is 2.45. The Morgan fingerprint density at radius 3 is 0.824 bits per heavy atom. The number of ether oxygens (including phenoxy) is 4. The molecule has 0 saturated carbocycles. The summed E-state index contributed by atoms with van der Waals surface area (Å²) in [5.41, 5.74) is 0. The molecule has 0 aromatic heterocycles. The van der Waals surface area contributed by atoms with Gasteiger partial charge in [0.2, 0.25) is 0 Å². The van der Waals surface area contributed by atoms with Gasteiger partial charge in [-0.2, -0.15) is 0 Å². The van der Waals surface area contributed by atoms with E-state index in [0.717, 1.165) is 161 Å². The second-order valence-electron chi connectivity index (χ2n) is 26.2. The summed E-state index contributed by atoms with van der Waals surface area (Å²) >= 11 is 0. The van der Waals surface area contributed by atoms with Gasteiger partial charge in [0.05, 0.1) is 26.4 Å². The van der Waals surface area contributed by atoms with Crippen molar-refractivity contribution in [3.05, 3.63) is 122 Å². The summed E-state index contributed by atoms with van der Waals surface area (Å²) in [6.45, 7) is 4.56. The molecule has 0 aromatic rings. The number of allylic oxidation sites excluding steroid dienone is 20. The number of aliphatic hydroxyl groups excluding tert-OH is 1. The third kappa shape index (κ3) is 73.8. The van der Waals surface area contributed by atoms with E-state index in [2.05, 4.69) is 149 Å². The van der Waals surface area contributed by atoms with E-state index in [1.807, 2.05) is 0 Å². The van der Waals surface area contributed by atoms with E-state index in [9.17, 15) is 43.2 Å². The Morgan fingerprint density at radius 2 is 0.510 bits per heavy atom. The standard InChI is InChI=1S/C83H142O17P2/c1-5-9-13-17-21-25-29-33-37-38-42-44-48-52-56-60-64-68-81(86)94-74-79(100-83(88)70-66-62-58-54-50-46-41-36-32-28-24-20-16-12-8-4)76-98-102(91,92)96-72-77(84)71-95-101(89,90)97-75-78(99-82(87)69-65-61-57-53-49-45-40-35-31-27-23-19-15-11-7-3)73-93-80(85)67-63-59-55-51-47-43-39-34-30-26-22-18-14-10-6-2/h9-10,13-14,21-23,25-27,33-35,37,39-40,42,44,47,51,77-79,84H,5-8,11-12,15-20,24,28-32,36,38,41,43,45-46,48-50,52-76H2,1-4H3,(H,89,90)(H,91,92)/b13-9-,14-10-,25-21-,26-22-,27-23-,37-33-,39-34-,40-35-,44-42-,51-47-. The molecule has 17 nitrogen and oxygen atoms in total. The highest BCUT2D eigenvalue weighted by Gasteiger charge is 2.30. The van der Waals surface area contributed by atoms with E-state index < -0.39 is 97.5 Å². The molecule has 0 bridgehead atoms. The zero-order valence-electron chi connectivity index (χ0n) is 64.0. The number of phosphoric acid groups is 2. The summed E-state index contributed by atoms with van der Waals surface area (Å²) in [7, 11) is -9.98. The molecular formula is C83H142O17P2. The molecule has 0 fully saturated rings. The van der Waals surface area contributed by atoms with Gasteiger partial charge in [-0.15, -0.1) is 0 Å². The molecule has 586 valence electrons. The second-order valence-corrected chi connectivity index (χ2v) is 29.2. The van der Waals surface area contributed by atoms with Gasteiger partial charge in [-0.1, -0.05) is 284 Å². The topological polar surface area (TPSA) is 237 Å². The minimum absolute atomic E-state index is 0.0677. The molecule has 5 unspecified atom stereocenters. The first kappa shape index (κ1) is 97.5. The van der Waals surface area contributed by atoms with Crippen LogP contribution in [0.25, 0.3) is 0 Å². The van der Waals surface area contributed by atoms with E-state index in [1.165, 1.54) is 83.5 Å². The smallest absolute Gasteiger partial charge is 0.462 e. The van der Waals surface area contributed by atoms with Crippen LogP contribution in [0.5, 0.6) is 0 Å². The van der Waals surface area contributed by atoms with Gasteiger partial charge in [-0.25, -0.2) is 9.13 Å². The number of unbranched alkanes of at least 4 members (excludes halogenated alkanes) is 28. The molecule has 0 aliphatic carbocycles. The van der Waals surface area contributed by atoms with Gasteiger partial charge in [0.1, 0.15) is 19.3 Å². The Kier molecular flexibility index (Phi) is 71.4. The third-order valence-electron chi connectivity index (χ3n) is 16.4. The predicted octanol–water partition coefficient (Wildman–Crippen LogP) is 23.1. The van der Waals surface area contributed by atoms with E-state index in [0.29, 0.717) is 25.7 Å². The molecule has 0 rings (SSSR count). The van der Waals surface area contributed by atoms with Gasteiger partial charge in [-0.3, -0.25) is 37.3 Å². The van der Waals surface area contributed by atoms with Crippen LogP contribution in [0.1, 0.15) is 323 Å². The number of phosphoric ester groups is 2. The summed E-state index contributed by atoms with van der Waals surface area (Å²) in [6.07, 6.45) is 81.8. The SMILES string of the molecule is CC/C=C\C/C=C\C/C=C\C/C=C\CCCCCCC(=O)OCC(COP(=O)(O)OCC(O)COP(=O)(O)OCC(COC(=O)CCCC/C=C\C/C=C\C/C=C\C/C=C\CC)OC(=O)CCCCCCC/C=C\C/C=C\CCCCC)OC(=O)CCCCCCCCCCCCCCCCC. The van der Waals surface area contributed by atoms with E-state index in [-0.39, 0.29) is 25.7 Å². The van der Waals surface area contributed by atoms with Crippen LogP contribution >= 0.6 is 15.6 Å². The largest absolute Gasteiger partial charge is 0.472 e. The summed E-state index contributed by atoms with van der Waals surface area (Å²) in [5, 5.41) is 10.6. The van der Waals surface area contributed by atoms with Crippen LogP contribution < -0.4 is 0 Å². The van der Waals surface area contributed by atoms with Crippen LogP contribution in [0.4, 0.5) is 0 Å². The normalized spacial score (nSPS) is 14.5. The molecule has 0 aromatic carbocycles. The van der Waals surface area contributed by atoms with Gasteiger partial charge in [0.15, 0.2) is 12.2 Å². The average Bonchev–Trinajstić information content (AvgIpc) is 0.923. The van der Waals surface area contributed by atoms with Crippen LogP contribution in [0.3, 0.4) is 0 Å². The van der Waals surface area contributed by atoms with Crippen LogP contribution in [-0.4, -0.2) is 96.7 Å². The van der Waals surface area contributed by atoms with Crippen molar-refractivity contribution in [1.82, 2.24) is 0 Å². The molecule has 0 amide bonds. The molecule has 5 atom stereocenters. The maximum atomic E-state index is 13.1. The number of aliphatic hydroxyl groups is 1. The van der Waals surface area contributed by atoms with Gasteiger partial charge < -0.3 is 33.8 Å². The number of esters is 4. The number of hydrogen-bond acceptors (Lipinski definition) is 15. The molecule has 0 aliphatic rings. The number of hydrogen-bond donors (Lipinski definition) is 3. The molecule has 0 spiro atoms. The van der Waals surface area contributed by atoms with Gasteiger partial charge >= 0.3 is 39.5 Å². The minimum Gasteiger partial charge on any atom is -0.462 e. The number of rotatable bonds is 74. The zero-order chi connectivity index (χ0) is 74.6. The van der Waals surface area contributed by atoms with Crippen molar-refractivity contribution >= 4 is 39.5 Å². The highest BCUT2D eigenvalue weighted by atomic mass is 31.2. The summed E-state index contributed by atoms with van der Waals surface area (Å²) in [5.74, 6) is -2.25. The summed E-state index contributed by atoms with van der Waals surface area (Å²) in [6, 6.07) is 0. The van der Waals surface area contributed by atoms with Crippen molar-refractivity contribution in [3.8, 4) is 0 Å². The van der Waals surface area contributed by atoms with Crippen LogP contribution in [0, 0.1) is 0 Å².